The summed E-state index contributed by atoms with van der Waals surface area (Å²) in [4.78, 5) is 17.8. The van der Waals surface area contributed by atoms with Crippen molar-refractivity contribution >= 4 is 29.5 Å². The van der Waals surface area contributed by atoms with E-state index >= 15 is 0 Å². The van der Waals surface area contributed by atoms with Crippen molar-refractivity contribution in [3.63, 3.8) is 0 Å². The summed E-state index contributed by atoms with van der Waals surface area (Å²) in [5, 5.41) is 3.77. The van der Waals surface area contributed by atoms with E-state index in [1.807, 2.05) is 43.3 Å². The summed E-state index contributed by atoms with van der Waals surface area (Å²) in [5.41, 5.74) is 4.97. The molecule has 0 aliphatic carbocycles. The van der Waals surface area contributed by atoms with E-state index in [-0.39, 0.29) is 5.91 Å². The Morgan fingerprint density at radius 2 is 1.83 bits per heavy atom. The van der Waals surface area contributed by atoms with Crippen molar-refractivity contribution in [1.29, 1.82) is 0 Å². The van der Waals surface area contributed by atoms with Crippen LogP contribution in [-0.2, 0) is 25.8 Å². The second-order valence-electron chi connectivity index (χ2n) is 7.07. The number of rotatable bonds is 10. The van der Waals surface area contributed by atoms with E-state index in [9.17, 15) is 4.79 Å². The molecule has 0 fully saturated rings. The third kappa shape index (κ3) is 5.51. The smallest absolute Gasteiger partial charge is 0.253 e. The normalized spacial score (nSPS) is 11.5. The Kier molecular flexibility index (Phi) is 9.13. The molecule has 2 rings (SSSR count). The quantitative estimate of drug-likeness (QED) is 0.451. The highest BCUT2D eigenvalue weighted by molar-refractivity contribution is 6.30. The second kappa shape index (κ2) is 11.6. The molecule has 4 nitrogen and oxygen atoms in total. The fourth-order valence-corrected chi connectivity index (χ4v) is 3.81. The minimum absolute atomic E-state index is 0.0519. The fraction of sp³-hybridized carbons (Fsp3) is 0.360. The summed E-state index contributed by atoms with van der Waals surface area (Å²) in [6, 6.07) is 7.52. The van der Waals surface area contributed by atoms with E-state index < -0.39 is 0 Å². The van der Waals surface area contributed by atoms with Crippen LogP contribution in [0, 0.1) is 0 Å². The molecule has 1 N–H and O–H groups in total. The summed E-state index contributed by atoms with van der Waals surface area (Å²) in [7, 11) is 0. The highest BCUT2D eigenvalue weighted by Crippen LogP contribution is 2.29. The fourth-order valence-electron chi connectivity index (χ4n) is 3.68. The molecule has 1 amide bonds. The van der Waals surface area contributed by atoms with E-state index in [0.29, 0.717) is 17.4 Å². The van der Waals surface area contributed by atoms with Crippen molar-refractivity contribution in [2.24, 2.45) is 4.99 Å². The lowest BCUT2D eigenvalue weighted by atomic mass is 10.0. The largest absolute Gasteiger partial charge is 0.348 e. The first-order chi connectivity index (χ1) is 14.5. The van der Waals surface area contributed by atoms with Gasteiger partial charge in [-0.15, -0.1) is 0 Å². The Bertz CT molecular complexity index is 936. The maximum absolute atomic E-state index is 13.3. The van der Waals surface area contributed by atoms with Gasteiger partial charge < -0.3 is 9.88 Å². The lowest BCUT2D eigenvalue weighted by molar-refractivity contribution is 0.0949. The van der Waals surface area contributed by atoms with E-state index in [2.05, 4.69) is 42.2 Å². The number of aliphatic imine (C=N–C) groups is 1. The molecule has 0 unspecified atom stereocenters. The molecule has 0 radical (unpaired) electrons. The average molecular weight is 426 g/mol. The molecule has 0 bridgehead atoms. The minimum atomic E-state index is -0.0519. The van der Waals surface area contributed by atoms with Crippen molar-refractivity contribution in [2.75, 3.05) is 0 Å². The lowest BCUT2D eigenvalue weighted by Crippen LogP contribution is -2.24. The Morgan fingerprint density at radius 3 is 2.40 bits per heavy atom. The van der Waals surface area contributed by atoms with Gasteiger partial charge in [0, 0.05) is 29.2 Å². The molecular formula is C25H32ClN3O. The van der Waals surface area contributed by atoms with Crippen LogP contribution in [0.5, 0.6) is 0 Å². The molecule has 2 aromatic rings. The first-order valence-corrected chi connectivity index (χ1v) is 11.0. The maximum atomic E-state index is 13.3. The zero-order valence-corrected chi connectivity index (χ0v) is 19.2. The third-order valence-corrected chi connectivity index (χ3v) is 5.25. The van der Waals surface area contributed by atoms with Crippen LogP contribution in [0.4, 0.5) is 0 Å². The van der Waals surface area contributed by atoms with Gasteiger partial charge in [-0.2, -0.15) is 0 Å². The second-order valence-corrected chi connectivity index (χ2v) is 7.51. The van der Waals surface area contributed by atoms with Gasteiger partial charge in [-0.3, -0.25) is 4.79 Å². The van der Waals surface area contributed by atoms with Gasteiger partial charge >= 0.3 is 0 Å². The number of carbonyl (C=O) groups excluding carboxylic acids is 1. The van der Waals surface area contributed by atoms with Gasteiger partial charge in [-0.1, -0.05) is 63.6 Å². The monoisotopic (exact) mass is 425 g/mol. The van der Waals surface area contributed by atoms with Gasteiger partial charge in [0.1, 0.15) is 5.82 Å². The van der Waals surface area contributed by atoms with Gasteiger partial charge in [0.25, 0.3) is 5.91 Å². The summed E-state index contributed by atoms with van der Waals surface area (Å²) in [6.45, 7) is 12.9. The standard InChI is InChI=1S/C25H32ClN3O/c1-6-10-16-27-18(5)29-22(8-3)21(11-7-2)24(23(29)9-4)25(30)28-17-19-12-14-20(26)15-13-19/h6,10,12-16H,5,7-9,11,17H2,1-4H3,(H,28,30)/b10-6-,27-16?. The summed E-state index contributed by atoms with van der Waals surface area (Å²) >= 11 is 5.96. The van der Waals surface area contributed by atoms with Crippen LogP contribution >= 0.6 is 11.6 Å². The number of nitrogens with one attached hydrogen (secondary N) is 1. The van der Waals surface area contributed by atoms with Crippen LogP contribution < -0.4 is 5.32 Å². The minimum Gasteiger partial charge on any atom is -0.348 e. The number of hydrogen-bond donors (Lipinski definition) is 1. The Balaban J connectivity index is 2.46. The van der Waals surface area contributed by atoms with Crippen LogP contribution in [0.25, 0.3) is 5.82 Å². The van der Waals surface area contributed by atoms with Crippen molar-refractivity contribution < 1.29 is 4.79 Å². The van der Waals surface area contributed by atoms with Gasteiger partial charge in [-0.25, -0.2) is 4.99 Å². The number of nitrogens with zero attached hydrogens (tertiary/aromatic N) is 2. The number of amides is 1. The first-order valence-electron chi connectivity index (χ1n) is 10.6. The molecule has 30 heavy (non-hydrogen) atoms. The molecule has 5 heteroatoms. The number of allylic oxidation sites excluding steroid dienone is 2. The van der Waals surface area contributed by atoms with Gasteiger partial charge in [0.05, 0.1) is 5.56 Å². The molecule has 0 saturated heterocycles. The summed E-state index contributed by atoms with van der Waals surface area (Å²) in [5.74, 6) is 0.583. The maximum Gasteiger partial charge on any atom is 0.253 e. The van der Waals surface area contributed by atoms with E-state index in [0.717, 1.165) is 53.8 Å². The topological polar surface area (TPSA) is 46.4 Å². The number of halogens is 1. The van der Waals surface area contributed by atoms with Crippen LogP contribution in [0.1, 0.15) is 67.0 Å². The van der Waals surface area contributed by atoms with Gasteiger partial charge in [0.15, 0.2) is 0 Å². The lowest BCUT2D eigenvalue weighted by Gasteiger charge is -2.12. The van der Waals surface area contributed by atoms with Gasteiger partial charge in [0.2, 0.25) is 0 Å². The zero-order valence-electron chi connectivity index (χ0n) is 18.5. The summed E-state index contributed by atoms with van der Waals surface area (Å²) in [6.07, 6.45) is 8.87. The molecule has 160 valence electrons. The molecule has 1 aromatic carbocycles. The van der Waals surface area contributed by atoms with E-state index in [1.165, 1.54) is 0 Å². The van der Waals surface area contributed by atoms with Crippen molar-refractivity contribution in [3.05, 3.63) is 76.1 Å². The molecule has 0 atom stereocenters. The average Bonchev–Trinajstić information content (AvgIpc) is 3.06. The molecular weight excluding hydrogens is 394 g/mol. The number of aromatic nitrogens is 1. The van der Waals surface area contributed by atoms with Crippen LogP contribution in [0.15, 0.2) is 48.0 Å². The summed E-state index contributed by atoms with van der Waals surface area (Å²) < 4.78 is 2.07. The predicted molar refractivity (Wildman–Crippen MR) is 128 cm³/mol. The number of benzene rings is 1. The highest BCUT2D eigenvalue weighted by Gasteiger charge is 2.26. The predicted octanol–water partition coefficient (Wildman–Crippen LogP) is 6.22. The third-order valence-electron chi connectivity index (χ3n) is 5.00. The van der Waals surface area contributed by atoms with Gasteiger partial charge in [-0.05, 0) is 55.5 Å². The SMILES string of the molecule is C=C(N=C/C=C\C)n1c(CC)c(CCC)c(C(=O)NCc2ccc(Cl)cc2)c1CC. The molecule has 0 spiro atoms. The van der Waals surface area contributed by atoms with Crippen LogP contribution in [0.2, 0.25) is 5.02 Å². The van der Waals surface area contributed by atoms with Crippen molar-refractivity contribution in [3.8, 4) is 0 Å². The van der Waals surface area contributed by atoms with Crippen molar-refractivity contribution in [2.45, 2.75) is 59.9 Å². The number of hydrogen-bond acceptors (Lipinski definition) is 2. The molecule has 0 aliphatic rings. The van der Waals surface area contributed by atoms with Crippen LogP contribution in [-0.4, -0.2) is 16.7 Å². The molecule has 1 heterocycles. The Hall–Kier alpha value is -2.59. The number of carbonyl (C=O) groups is 1. The Morgan fingerprint density at radius 1 is 1.17 bits per heavy atom. The molecule has 1 aromatic heterocycles. The molecule has 0 aliphatic heterocycles. The van der Waals surface area contributed by atoms with Crippen LogP contribution in [0.3, 0.4) is 0 Å². The molecule has 0 saturated carbocycles. The van der Waals surface area contributed by atoms with Crippen molar-refractivity contribution in [1.82, 2.24) is 9.88 Å². The van der Waals surface area contributed by atoms with E-state index in [1.54, 1.807) is 6.21 Å². The zero-order chi connectivity index (χ0) is 22.1. The van der Waals surface area contributed by atoms with E-state index in [4.69, 9.17) is 11.6 Å². The highest BCUT2D eigenvalue weighted by atomic mass is 35.5. The first kappa shape index (κ1) is 23.7. The Labute approximate surface area is 185 Å².